The van der Waals surface area contributed by atoms with E-state index in [1.165, 1.54) is 18.4 Å². The smallest absolute Gasteiger partial charge is 0.191 e. The Hall–Kier alpha value is -1.63. The van der Waals surface area contributed by atoms with Crippen LogP contribution in [0.25, 0.3) is 0 Å². The van der Waals surface area contributed by atoms with Gasteiger partial charge in [0.1, 0.15) is 0 Å². The van der Waals surface area contributed by atoms with Gasteiger partial charge in [0.25, 0.3) is 0 Å². The first-order chi connectivity index (χ1) is 14.5. The highest BCUT2D eigenvalue weighted by atomic mass is 16.5. The van der Waals surface area contributed by atoms with Gasteiger partial charge >= 0.3 is 0 Å². The van der Waals surface area contributed by atoms with Crippen LogP contribution in [0.4, 0.5) is 0 Å². The first-order valence-corrected chi connectivity index (χ1v) is 11.6. The van der Waals surface area contributed by atoms with E-state index in [2.05, 4.69) is 76.9 Å². The van der Waals surface area contributed by atoms with Crippen LogP contribution in [0.2, 0.25) is 0 Å². The molecular weight excluding hydrogens is 374 g/mol. The van der Waals surface area contributed by atoms with Gasteiger partial charge < -0.3 is 25.6 Å². The lowest BCUT2D eigenvalue weighted by molar-refractivity contribution is 0.0354. The van der Waals surface area contributed by atoms with Crippen LogP contribution >= 0.6 is 0 Å². The number of nitrogens with zero attached hydrogens (tertiary/aromatic N) is 2. The van der Waals surface area contributed by atoms with E-state index in [-0.39, 0.29) is 5.54 Å². The van der Waals surface area contributed by atoms with Crippen LogP contribution in [-0.2, 0) is 4.74 Å². The number of likely N-dealkylation sites (tertiary alicyclic amines) is 1. The Morgan fingerprint density at radius 3 is 2.40 bits per heavy atom. The number of hydrogen-bond donors (Lipinski definition) is 3. The number of ether oxygens (including phenoxy) is 1. The highest BCUT2D eigenvalue weighted by molar-refractivity contribution is 5.80. The van der Waals surface area contributed by atoms with Crippen molar-refractivity contribution in [3.8, 4) is 0 Å². The fourth-order valence-electron chi connectivity index (χ4n) is 4.62. The number of rotatable bonds is 7. The summed E-state index contributed by atoms with van der Waals surface area (Å²) >= 11 is 0. The molecule has 2 aliphatic heterocycles. The molecule has 1 unspecified atom stereocenters. The van der Waals surface area contributed by atoms with Crippen molar-refractivity contribution in [2.24, 2.45) is 4.99 Å². The number of piperidine rings is 1. The maximum atomic E-state index is 5.68. The molecule has 1 aromatic rings. The molecule has 6 nitrogen and oxygen atoms in total. The molecule has 2 aliphatic rings. The van der Waals surface area contributed by atoms with Gasteiger partial charge in [-0.05, 0) is 52.0 Å². The van der Waals surface area contributed by atoms with Gasteiger partial charge in [-0.3, -0.25) is 4.99 Å². The number of benzene rings is 1. The van der Waals surface area contributed by atoms with E-state index in [4.69, 9.17) is 4.74 Å². The van der Waals surface area contributed by atoms with Crippen molar-refractivity contribution in [1.82, 2.24) is 20.9 Å². The van der Waals surface area contributed by atoms with Gasteiger partial charge in [0.05, 0.1) is 0 Å². The summed E-state index contributed by atoms with van der Waals surface area (Å²) in [6.07, 6.45) is 4.34. The summed E-state index contributed by atoms with van der Waals surface area (Å²) in [4.78, 5) is 7.07. The second-order valence-corrected chi connectivity index (χ2v) is 9.14. The Balaban J connectivity index is 1.55. The van der Waals surface area contributed by atoms with E-state index in [0.29, 0.717) is 18.1 Å². The summed E-state index contributed by atoms with van der Waals surface area (Å²) in [7, 11) is 1.87. The monoisotopic (exact) mass is 415 g/mol. The molecule has 2 fully saturated rings. The summed E-state index contributed by atoms with van der Waals surface area (Å²) in [6, 6.07) is 12.1. The Morgan fingerprint density at radius 2 is 1.80 bits per heavy atom. The minimum Gasteiger partial charge on any atom is -0.381 e. The van der Waals surface area contributed by atoms with E-state index in [0.717, 1.165) is 51.6 Å². The molecule has 0 aliphatic carbocycles. The summed E-state index contributed by atoms with van der Waals surface area (Å²) < 4.78 is 5.68. The SMILES string of the molecule is CN=C(NCC1(NC(C)c2ccccc2)CCOCC1)NC1CCN(C(C)C)CC1. The van der Waals surface area contributed by atoms with Crippen molar-refractivity contribution >= 4 is 5.96 Å². The zero-order chi connectivity index (χ0) is 21.4. The van der Waals surface area contributed by atoms with Crippen LogP contribution in [0.3, 0.4) is 0 Å². The number of hydrogen-bond acceptors (Lipinski definition) is 4. The van der Waals surface area contributed by atoms with Crippen LogP contribution in [0, 0.1) is 0 Å². The largest absolute Gasteiger partial charge is 0.381 e. The second kappa shape index (κ2) is 11.1. The molecule has 0 radical (unpaired) electrons. The molecule has 0 amide bonds. The predicted molar refractivity (Wildman–Crippen MR) is 125 cm³/mol. The number of guanidine groups is 1. The van der Waals surface area contributed by atoms with Gasteiger partial charge in [0.2, 0.25) is 0 Å². The molecule has 2 heterocycles. The Kier molecular flexibility index (Phi) is 8.54. The minimum absolute atomic E-state index is 0.00609. The molecule has 0 spiro atoms. The first-order valence-electron chi connectivity index (χ1n) is 11.6. The van der Waals surface area contributed by atoms with Crippen LogP contribution in [0.1, 0.15) is 58.1 Å². The standard InChI is InChI=1S/C24H41N5O/c1-19(2)29-14-10-22(11-15-29)27-23(25-4)26-18-24(12-16-30-17-13-24)28-20(3)21-8-6-5-7-9-21/h5-9,19-20,22,28H,10-18H2,1-4H3,(H2,25,26,27). The Morgan fingerprint density at radius 1 is 1.13 bits per heavy atom. The van der Waals surface area contributed by atoms with Gasteiger partial charge in [-0.1, -0.05) is 30.3 Å². The quantitative estimate of drug-likeness (QED) is 0.472. The molecule has 0 saturated carbocycles. The van der Waals surface area contributed by atoms with Gasteiger partial charge in [0, 0.05) is 63.6 Å². The maximum absolute atomic E-state index is 5.68. The third-order valence-electron chi connectivity index (χ3n) is 6.69. The van der Waals surface area contributed by atoms with E-state index < -0.39 is 0 Å². The van der Waals surface area contributed by atoms with Crippen molar-refractivity contribution < 1.29 is 4.74 Å². The fraction of sp³-hybridized carbons (Fsp3) is 0.708. The predicted octanol–water partition coefficient (Wildman–Crippen LogP) is 2.92. The van der Waals surface area contributed by atoms with Crippen molar-refractivity contribution in [1.29, 1.82) is 0 Å². The lowest BCUT2D eigenvalue weighted by Crippen LogP contribution is -2.59. The van der Waals surface area contributed by atoms with Gasteiger partial charge in [0.15, 0.2) is 5.96 Å². The molecule has 6 heteroatoms. The molecule has 0 bridgehead atoms. The average molecular weight is 416 g/mol. The van der Waals surface area contributed by atoms with E-state index in [1.54, 1.807) is 0 Å². The normalized spacial score (nSPS) is 22.1. The summed E-state index contributed by atoms with van der Waals surface area (Å²) in [6.45, 7) is 11.6. The minimum atomic E-state index is 0.00609. The highest BCUT2D eigenvalue weighted by Gasteiger charge is 2.34. The lowest BCUT2D eigenvalue weighted by atomic mass is 9.88. The Bertz CT molecular complexity index is 649. The third-order valence-corrected chi connectivity index (χ3v) is 6.69. The molecule has 1 atom stereocenters. The fourth-order valence-corrected chi connectivity index (χ4v) is 4.62. The molecule has 0 aromatic heterocycles. The zero-order valence-corrected chi connectivity index (χ0v) is 19.3. The molecule has 3 N–H and O–H groups in total. The summed E-state index contributed by atoms with van der Waals surface area (Å²) in [5.41, 5.74) is 1.33. The topological polar surface area (TPSA) is 60.9 Å². The third kappa shape index (κ3) is 6.43. The van der Waals surface area contributed by atoms with Crippen molar-refractivity contribution in [3.05, 3.63) is 35.9 Å². The second-order valence-electron chi connectivity index (χ2n) is 9.14. The van der Waals surface area contributed by atoms with Crippen LogP contribution < -0.4 is 16.0 Å². The Labute approximate surface area is 182 Å². The van der Waals surface area contributed by atoms with E-state index in [1.807, 2.05) is 7.05 Å². The molecule has 3 rings (SSSR count). The van der Waals surface area contributed by atoms with Crippen molar-refractivity contribution in [2.45, 2.75) is 70.1 Å². The van der Waals surface area contributed by atoms with Crippen molar-refractivity contribution in [2.75, 3.05) is 39.9 Å². The molecular formula is C24H41N5O. The summed E-state index contributed by atoms with van der Waals surface area (Å²) in [5.74, 6) is 0.915. The molecule has 2 saturated heterocycles. The first kappa shape index (κ1) is 23.0. The van der Waals surface area contributed by atoms with Crippen molar-refractivity contribution in [3.63, 3.8) is 0 Å². The van der Waals surface area contributed by atoms with Gasteiger partial charge in [-0.25, -0.2) is 0 Å². The molecule has 168 valence electrons. The van der Waals surface area contributed by atoms with Gasteiger partial charge in [-0.2, -0.15) is 0 Å². The average Bonchev–Trinajstić information content (AvgIpc) is 2.78. The van der Waals surface area contributed by atoms with Gasteiger partial charge in [-0.15, -0.1) is 0 Å². The highest BCUT2D eigenvalue weighted by Crippen LogP contribution is 2.25. The lowest BCUT2D eigenvalue weighted by Gasteiger charge is -2.41. The van der Waals surface area contributed by atoms with Crippen LogP contribution in [-0.4, -0.2) is 68.4 Å². The maximum Gasteiger partial charge on any atom is 0.191 e. The van der Waals surface area contributed by atoms with Crippen LogP contribution in [0.5, 0.6) is 0 Å². The number of nitrogens with one attached hydrogen (secondary N) is 3. The molecule has 1 aromatic carbocycles. The van der Waals surface area contributed by atoms with E-state index >= 15 is 0 Å². The summed E-state index contributed by atoms with van der Waals surface area (Å²) in [5, 5.41) is 11.2. The molecule has 30 heavy (non-hydrogen) atoms. The number of aliphatic imine (C=N–C) groups is 1. The van der Waals surface area contributed by atoms with E-state index in [9.17, 15) is 0 Å². The zero-order valence-electron chi connectivity index (χ0n) is 19.3. The van der Waals surface area contributed by atoms with Crippen LogP contribution in [0.15, 0.2) is 35.3 Å².